The van der Waals surface area contributed by atoms with Crippen molar-refractivity contribution in [3.63, 3.8) is 0 Å². The summed E-state index contributed by atoms with van der Waals surface area (Å²) in [5, 5.41) is 0. The van der Waals surface area contributed by atoms with Gasteiger partial charge in [0, 0.05) is 24.9 Å². The first-order valence-electron chi connectivity index (χ1n) is 7.08. The fourth-order valence-corrected chi connectivity index (χ4v) is 3.43. The van der Waals surface area contributed by atoms with Crippen LogP contribution in [0.25, 0.3) is 0 Å². The topological polar surface area (TPSA) is 63.4 Å². The van der Waals surface area contributed by atoms with E-state index < -0.39 is 9.84 Å². The number of sulfone groups is 1. The zero-order valence-corrected chi connectivity index (χ0v) is 13.2. The standard InChI is InChI=1S/C15H24N2O2S/c1-11(16)14-8-9-17(10-14)12(2)13-4-6-15(7-5-13)20(3,18)19/h4-7,11-12,14H,8-10,16H2,1-3H3. The van der Waals surface area contributed by atoms with Crippen LogP contribution in [-0.4, -0.2) is 38.7 Å². The van der Waals surface area contributed by atoms with Crippen molar-refractivity contribution in [1.29, 1.82) is 0 Å². The lowest BCUT2D eigenvalue weighted by molar-refractivity contribution is 0.248. The van der Waals surface area contributed by atoms with Gasteiger partial charge in [-0.15, -0.1) is 0 Å². The highest BCUT2D eigenvalue weighted by Gasteiger charge is 2.28. The van der Waals surface area contributed by atoms with Crippen LogP contribution in [-0.2, 0) is 9.84 Å². The van der Waals surface area contributed by atoms with Gasteiger partial charge in [0.15, 0.2) is 9.84 Å². The molecule has 5 heteroatoms. The smallest absolute Gasteiger partial charge is 0.175 e. The molecule has 0 spiro atoms. The number of nitrogens with zero attached hydrogens (tertiary/aromatic N) is 1. The lowest BCUT2D eigenvalue weighted by Crippen LogP contribution is -2.30. The van der Waals surface area contributed by atoms with Crippen molar-refractivity contribution in [2.45, 2.75) is 37.2 Å². The van der Waals surface area contributed by atoms with Crippen LogP contribution in [0.2, 0.25) is 0 Å². The van der Waals surface area contributed by atoms with Gasteiger partial charge >= 0.3 is 0 Å². The van der Waals surface area contributed by atoms with Crippen molar-refractivity contribution < 1.29 is 8.42 Å². The summed E-state index contributed by atoms with van der Waals surface area (Å²) in [5.41, 5.74) is 7.13. The highest BCUT2D eigenvalue weighted by atomic mass is 32.2. The van der Waals surface area contributed by atoms with Crippen LogP contribution in [0.3, 0.4) is 0 Å². The SMILES string of the molecule is CC(N)C1CCN(C(C)c2ccc(S(C)(=O)=O)cc2)C1. The molecule has 1 heterocycles. The van der Waals surface area contributed by atoms with E-state index in [1.54, 1.807) is 12.1 Å². The molecule has 0 radical (unpaired) electrons. The van der Waals surface area contributed by atoms with Gasteiger partial charge in [-0.1, -0.05) is 12.1 Å². The Hall–Kier alpha value is -0.910. The predicted octanol–water partition coefficient (Wildman–Crippen LogP) is 1.82. The monoisotopic (exact) mass is 296 g/mol. The summed E-state index contributed by atoms with van der Waals surface area (Å²) >= 11 is 0. The number of nitrogens with two attached hydrogens (primary N) is 1. The Morgan fingerprint density at radius 1 is 1.25 bits per heavy atom. The molecule has 4 nitrogen and oxygen atoms in total. The Labute approximate surface area is 121 Å². The van der Waals surface area contributed by atoms with Crippen molar-refractivity contribution in [1.82, 2.24) is 4.90 Å². The van der Waals surface area contributed by atoms with Crippen LogP contribution in [0, 0.1) is 5.92 Å². The summed E-state index contributed by atoms with van der Waals surface area (Å²) in [4.78, 5) is 2.80. The van der Waals surface area contributed by atoms with Gasteiger partial charge in [-0.25, -0.2) is 8.42 Å². The van der Waals surface area contributed by atoms with Gasteiger partial charge in [-0.3, -0.25) is 4.90 Å². The maximum Gasteiger partial charge on any atom is 0.175 e. The van der Waals surface area contributed by atoms with E-state index in [9.17, 15) is 8.42 Å². The molecule has 3 unspecified atom stereocenters. The van der Waals surface area contributed by atoms with Gasteiger partial charge in [0.1, 0.15) is 0 Å². The van der Waals surface area contributed by atoms with E-state index in [-0.39, 0.29) is 6.04 Å². The van der Waals surface area contributed by atoms with Gasteiger partial charge in [-0.05, 0) is 50.4 Å². The highest BCUT2D eigenvalue weighted by molar-refractivity contribution is 7.90. The van der Waals surface area contributed by atoms with Crippen molar-refractivity contribution in [3.8, 4) is 0 Å². The quantitative estimate of drug-likeness (QED) is 0.920. The van der Waals surface area contributed by atoms with Gasteiger partial charge in [-0.2, -0.15) is 0 Å². The molecular weight excluding hydrogens is 272 g/mol. The molecule has 20 heavy (non-hydrogen) atoms. The Morgan fingerprint density at radius 2 is 1.85 bits per heavy atom. The van der Waals surface area contributed by atoms with E-state index in [2.05, 4.69) is 18.7 Å². The Morgan fingerprint density at radius 3 is 2.30 bits per heavy atom. The van der Waals surface area contributed by atoms with Crippen molar-refractivity contribution >= 4 is 9.84 Å². The summed E-state index contributed by atoms with van der Waals surface area (Å²) in [6.07, 6.45) is 2.38. The molecule has 1 aromatic rings. The van der Waals surface area contributed by atoms with Gasteiger partial charge in [0.05, 0.1) is 4.90 Å². The molecule has 2 N–H and O–H groups in total. The van der Waals surface area contributed by atoms with E-state index in [1.165, 1.54) is 6.26 Å². The zero-order chi connectivity index (χ0) is 14.9. The fourth-order valence-electron chi connectivity index (χ4n) is 2.80. The number of hydrogen-bond donors (Lipinski definition) is 1. The minimum Gasteiger partial charge on any atom is -0.328 e. The van der Waals surface area contributed by atoms with Crippen LogP contribution in [0.4, 0.5) is 0 Å². The predicted molar refractivity (Wildman–Crippen MR) is 81.3 cm³/mol. The van der Waals surface area contributed by atoms with E-state index >= 15 is 0 Å². The third-order valence-electron chi connectivity index (χ3n) is 4.34. The van der Waals surface area contributed by atoms with Crippen LogP contribution < -0.4 is 5.73 Å². The van der Waals surface area contributed by atoms with E-state index in [4.69, 9.17) is 5.73 Å². The van der Waals surface area contributed by atoms with Crippen LogP contribution in [0.15, 0.2) is 29.2 Å². The second kappa shape index (κ2) is 5.84. The van der Waals surface area contributed by atoms with E-state index in [0.717, 1.165) is 25.1 Å². The number of hydrogen-bond acceptors (Lipinski definition) is 4. The zero-order valence-electron chi connectivity index (χ0n) is 12.4. The van der Waals surface area contributed by atoms with Gasteiger partial charge in [0.25, 0.3) is 0 Å². The largest absolute Gasteiger partial charge is 0.328 e. The number of rotatable bonds is 4. The minimum absolute atomic E-state index is 0.236. The number of likely N-dealkylation sites (tertiary alicyclic amines) is 1. The lowest BCUT2D eigenvalue weighted by atomic mass is 10.0. The fraction of sp³-hybridized carbons (Fsp3) is 0.600. The number of benzene rings is 1. The molecule has 0 amide bonds. The Bertz CT molecular complexity index is 552. The lowest BCUT2D eigenvalue weighted by Gasteiger charge is -2.25. The first-order chi connectivity index (χ1) is 9.29. The van der Waals surface area contributed by atoms with E-state index in [0.29, 0.717) is 16.9 Å². The minimum atomic E-state index is -3.11. The first kappa shape index (κ1) is 15.5. The van der Waals surface area contributed by atoms with Gasteiger partial charge in [0.2, 0.25) is 0 Å². The molecule has 1 saturated heterocycles. The molecule has 0 saturated carbocycles. The normalized spacial score (nSPS) is 23.7. The van der Waals surface area contributed by atoms with Crippen LogP contribution in [0.1, 0.15) is 31.9 Å². The summed E-state index contributed by atoms with van der Waals surface area (Å²) in [7, 11) is -3.11. The molecule has 2 rings (SSSR count). The molecule has 1 aliphatic heterocycles. The third kappa shape index (κ3) is 3.40. The molecule has 1 fully saturated rings. The highest BCUT2D eigenvalue weighted by Crippen LogP contribution is 2.28. The van der Waals surface area contributed by atoms with Crippen molar-refractivity contribution in [2.24, 2.45) is 11.7 Å². The second-order valence-electron chi connectivity index (χ2n) is 5.92. The molecule has 0 bridgehead atoms. The molecular formula is C15H24N2O2S. The average Bonchev–Trinajstić information content (AvgIpc) is 2.86. The summed E-state index contributed by atoms with van der Waals surface area (Å²) in [6.45, 7) is 6.31. The van der Waals surface area contributed by atoms with Crippen molar-refractivity contribution in [2.75, 3.05) is 19.3 Å². The summed E-state index contributed by atoms with van der Waals surface area (Å²) in [6, 6.07) is 7.76. The molecule has 1 aromatic carbocycles. The third-order valence-corrected chi connectivity index (χ3v) is 5.47. The molecule has 1 aliphatic rings. The maximum atomic E-state index is 11.5. The van der Waals surface area contributed by atoms with Crippen LogP contribution >= 0.6 is 0 Å². The second-order valence-corrected chi connectivity index (χ2v) is 7.94. The van der Waals surface area contributed by atoms with Crippen LogP contribution in [0.5, 0.6) is 0 Å². The Kier molecular flexibility index (Phi) is 4.52. The van der Waals surface area contributed by atoms with Crippen molar-refractivity contribution in [3.05, 3.63) is 29.8 Å². The average molecular weight is 296 g/mol. The summed E-state index contributed by atoms with van der Waals surface area (Å²) < 4.78 is 22.9. The maximum absolute atomic E-state index is 11.5. The summed E-state index contributed by atoms with van der Waals surface area (Å²) in [5.74, 6) is 0.563. The van der Waals surface area contributed by atoms with Gasteiger partial charge < -0.3 is 5.73 Å². The van der Waals surface area contributed by atoms with E-state index in [1.807, 2.05) is 12.1 Å². The molecule has 0 aromatic heterocycles. The molecule has 112 valence electrons. The Balaban J connectivity index is 2.09. The first-order valence-corrected chi connectivity index (χ1v) is 8.98. The molecule has 3 atom stereocenters. The molecule has 0 aliphatic carbocycles.